The Bertz CT molecular complexity index is 612. The second kappa shape index (κ2) is 7.16. The van der Waals surface area contributed by atoms with Crippen molar-refractivity contribution in [3.63, 3.8) is 0 Å². The number of benzene rings is 1. The average Bonchev–Trinajstić information content (AvgIpc) is 2.90. The Labute approximate surface area is 134 Å². The molecule has 21 heavy (non-hydrogen) atoms. The van der Waals surface area contributed by atoms with Crippen molar-refractivity contribution in [2.24, 2.45) is 0 Å². The fourth-order valence-corrected chi connectivity index (χ4v) is 3.72. The Morgan fingerprint density at radius 1 is 1.24 bits per heavy atom. The van der Waals surface area contributed by atoms with Crippen LogP contribution in [0.2, 0.25) is 5.02 Å². The Morgan fingerprint density at radius 2 is 2.00 bits per heavy atom. The lowest BCUT2D eigenvalue weighted by atomic mass is 10.0. The molecule has 1 heterocycles. The molecule has 0 saturated heterocycles. The summed E-state index contributed by atoms with van der Waals surface area (Å²) in [5.74, 6) is 1.28. The molecule has 1 atom stereocenters. The third-order valence-electron chi connectivity index (χ3n) is 3.40. The molecule has 5 heteroatoms. The fourth-order valence-electron chi connectivity index (χ4n) is 2.37. The van der Waals surface area contributed by atoms with E-state index in [1.807, 2.05) is 12.1 Å². The van der Waals surface area contributed by atoms with Crippen molar-refractivity contribution in [1.82, 2.24) is 5.32 Å². The molecule has 0 fully saturated rings. The zero-order valence-corrected chi connectivity index (χ0v) is 14.3. The van der Waals surface area contributed by atoms with Crippen molar-refractivity contribution in [2.45, 2.75) is 19.9 Å². The van der Waals surface area contributed by atoms with E-state index >= 15 is 0 Å². The van der Waals surface area contributed by atoms with Gasteiger partial charge in [-0.15, -0.1) is 11.3 Å². The largest absolute Gasteiger partial charge is 0.495 e. The van der Waals surface area contributed by atoms with Crippen LogP contribution in [0.3, 0.4) is 0 Å². The lowest BCUT2D eigenvalue weighted by molar-refractivity contribution is 0.388. The Morgan fingerprint density at radius 3 is 2.52 bits per heavy atom. The minimum absolute atomic E-state index is 0.0633. The van der Waals surface area contributed by atoms with E-state index in [9.17, 15) is 0 Å². The average molecular weight is 326 g/mol. The highest BCUT2D eigenvalue weighted by Crippen LogP contribution is 2.42. The lowest BCUT2D eigenvalue weighted by Crippen LogP contribution is -2.22. The maximum absolute atomic E-state index is 6.39. The van der Waals surface area contributed by atoms with E-state index < -0.39 is 0 Å². The maximum Gasteiger partial charge on any atom is 0.146 e. The zero-order valence-electron chi connectivity index (χ0n) is 12.7. The van der Waals surface area contributed by atoms with Gasteiger partial charge in [-0.25, -0.2) is 0 Å². The molecule has 0 aliphatic carbocycles. The van der Waals surface area contributed by atoms with Crippen molar-refractivity contribution in [3.05, 3.63) is 44.6 Å². The van der Waals surface area contributed by atoms with Crippen LogP contribution in [0.5, 0.6) is 11.5 Å². The van der Waals surface area contributed by atoms with Crippen molar-refractivity contribution in [2.75, 3.05) is 20.8 Å². The number of rotatable bonds is 6. The molecule has 0 saturated carbocycles. The molecular formula is C16H20ClNO2S. The van der Waals surface area contributed by atoms with Crippen LogP contribution in [0.15, 0.2) is 23.6 Å². The van der Waals surface area contributed by atoms with Crippen molar-refractivity contribution >= 4 is 22.9 Å². The van der Waals surface area contributed by atoms with Gasteiger partial charge >= 0.3 is 0 Å². The smallest absolute Gasteiger partial charge is 0.146 e. The summed E-state index contributed by atoms with van der Waals surface area (Å²) in [6.45, 7) is 5.07. The van der Waals surface area contributed by atoms with Gasteiger partial charge in [-0.2, -0.15) is 0 Å². The van der Waals surface area contributed by atoms with Crippen molar-refractivity contribution < 1.29 is 9.47 Å². The Balaban J connectivity index is 2.55. The third-order valence-corrected chi connectivity index (χ3v) is 4.84. The van der Waals surface area contributed by atoms with Crippen LogP contribution in [0.25, 0.3) is 0 Å². The van der Waals surface area contributed by atoms with Crippen LogP contribution < -0.4 is 14.8 Å². The lowest BCUT2D eigenvalue weighted by Gasteiger charge is -2.22. The molecule has 1 N–H and O–H groups in total. The first-order valence-electron chi connectivity index (χ1n) is 6.81. The number of nitrogens with one attached hydrogen (secondary N) is 1. The van der Waals surface area contributed by atoms with Gasteiger partial charge in [0.25, 0.3) is 0 Å². The predicted molar refractivity (Wildman–Crippen MR) is 89.1 cm³/mol. The van der Waals surface area contributed by atoms with Crippen molar-refractivity contribution in [3.8, 4) is 11.5 Å². The fraction of sp³-hybridized carbons (Fsp3) is 0.375. The van der Waals surface area contributed by atoms with E-state index in [-0.39, 0.29) is 6.04 Å². The first-order valence-corrected chi connectivity index (χ1v) is 8.07. The molecule has 1 aromatic heterocycles. The Kier molecular flexibility index (Phi) is 5.51. The van der Waals surface area contributed by atoms with E-state index in [1.54, 1.807) is 25.6 Å². The Hall–Kier alpha value is -1.23. The predicted octanol–water partition coefficient (Wildman–Crippen LogP) is 4.43. The van der Waals surface area contributed by atoms with Crippen LogP contribution >= 0.6 is 22.9 Å². The second-order valence-electron chi connectivity index (χ2n) is 4.66. The van der Waals surface area contributed by atoms with Gasteiger partial charge in [-0.1, -0.05) is 18.5 Å². The minimum Gasteiger partial charge on any atom is -0.495 e. The number of thiophene rings is 1. The molecule has 1 unspecified atom stereocenters. The standard InChI is InChI=1S/C16H20ClNO2S/c1-5-18-14(16-10(2)8-9-21-16)11-6-7-12(19-3)13(17)15(11)20-4/h6-9,14,18H,5H2,1-4H3. The number of aryl methyl sites for hydroxylation is 1. The second-order valence-corrected chi connectivity index (χ2v) is 5.99. The summed E-state index contributed by atoms with van der Waals surface area (Å²) in [5, 5.41) is 6.13. The first kappa shape index (κ1) is 16.1. The highest BCUT2D eigenvalue weighted by molar-refractivity contribution is 7.10. The van der Waals surface area contributed by atoms with Gasteiger partial charge in [0.2, 0.25) is 0 Å². The number of halogens is 1. The maximum atomic E-state index is 6.39. The summed E-state index contributed by atoms with van der Waals surface area (Å²) in [4.78, 5) is 1.27. The van der Waals surface area contributed by atoms with Crippen molar-refractivity contribution in [1.29, 1.82) is 0 Å². The van der Waals surface area contributed by atoms with Gasteiger partial charge < -0.3 is 14.8 Å². The molecule has 0 spiro atoms. The highest BCUT2D eigenvalue weighted by Gasteiger charge is 2.23. The van der Waals surface area contributed by atoms with E-state index in [0.717, 1.165) is 12.1 Å². The number of hydrogen-bond donors (Lipinski definition) is 1. The normalized spacial score (nSPS) is 12.2. The van der Waals surface area contributed by atoms with Gasteiger partial charge in [-0.3, -0.25) is 0 Å². The third kappa shape index (κ3) is 3.18. The summed E-state index contributed by atoms with van der Waals surface area (Å²) >= 11 is 8.12. The number of methoxy groups -OCH3 is 2. The molecule has 0 aliphatic rings. The topological polar surface area (TPSA) is 30.5 Å². The van der Waals surface area contributed by atoms with Crippen LogP contribution in [-0.4, -0.2) is 20.8 Å². The van der Waals surface area contributed by atoms with Gasteiger partial charge in [0, 0.05) is 10.4 Å². The summed E-state index contributed by atoms with van der Waals surface area (Å²) in [6, 6.07) is 6.08. The van der Waals surface area contributed by atoms with E-state index in [1.165, 1.54) is 10.4 Å². The molecule has 3 nitrogen and oxygen atoms in total. The summed E-state index contributed by atoms with van der Waals surface area (Å²) in [5.41, 5.74) is 2.29. The van der Waals surface area contributed by atoms with E-state index in [0.29, 0.717) is 16.5 Å². The quantitative estimate of drug-likeness (QED) is 0.852. The van der Waals surface area contributed by atoms with Gasteiger partial charge in [0.1, 0.15) is 16.5 Å². The molecule has 0 radical (unpaired) electrons. The van der Waals surface area contributed by atoms with Crippen LogP contribution in [0.4, 0.5) is 0 Å². The minimum atomic E-state index is 0.0633. The molecule has 1 aromatic carbocycles. The first-order chi connectivity index (χ1) is 10.1. The number of ether oxygens (including phenoxy) is 2. The molecule has 0 bridgehead atoms. The number of hydrogen-bond acceptors (Lipinski definition) is 4. The SMILES string of the molecule is CCNC(c1ccc(OC)c(Cl)c1OC)c1sccc1C. The monoisotopic (exact) mass is 325 g/mol. The van der Waals surface area contributed by atoms with Gasteiger partial charge in [-0.05, 0) is 42.6 Å². The molecule has 114 valence electrons. The summed E-state index contributed by atoms with van der Waals surface area (Å²) < 4.78 is 10.8. The van der Waals surface area contributed by atoms with Crippen LogP contribution in [0.1, 0.15) is 29.0 Å². The molecule has 2 rings (SSSR count). The summed E-state index contributed by atoms with van der Waals surface area (Å²) in [7, 11) is 3.24. The molecule has 0 amide bonds. The molecule has 2 aromatic rings. The van der Waals surface area contributed by atoms with E-state index in [2.05, 4.69) is 30.6 Å². The van der Waals surface area contributed by atoms with Crippen LogP contribution in [0, 0.1) is 6.92 Å². The van der Waals surface area contributed by atoms with Gasteiger partial charge in [0.15, 0.2) is 0 Å². The van der Waals surface area contributed by atoms with E-state index in [4.69, 9.17) is 21.1 Å². The van der Waals surface area contributed by atoms with Gasteiger partial charge in [0.05, 0.1) is 20.3 Å². The summed E-state index contributed by atoms with van der Waals surface area (Å²) in [6.07, 6.45) is 0. The molecular weight excluding hydrogens is 306 g/mol. The highest BCUT2D eigenvalue weighted by atomic mass is 35.5. The molecule has 0 aliphatic heterocycles. The van der Waals surface area contributed by atoms with Crippen LogP contribution in [-0.2, 0) is 0 Å². The zero-order chi connectivity index (χ0) is 15.4.